The summed E-state index contributed by atoms with van der Waals surface area (Å²) in [5, 5.41) is 9.41. The Labute approximate surface area is 207 Å². The summed E-state index contributed by atoms with van der Waals surface area (Å²) in [4.78, 5) is 34.6. The van der Waals surface area contributed by atoms with Crippen LogP contribution in [0, 0.1) is 19.8 Å². The highest BCUT2D eigenvalue weighted by Gasteiger charge is 2.49. The zero-order valence-corrected chi connectivity index (χ0v) is 21.1. The van der Waals surface area contributed by atoms with Gasteiger partial charge in [0.2, 0.25) is 5.91 Å². The third-order valence-electron chi connectivity index (χ3n) is 7.55. The van der Waals surface area contributed by atoms with Gasteiger partial charge in [0, 0.05) is 17.9 Å². The minimum atomic E-state index is -0.725. The van der Waals surface area contributed by atoms with Crippen LogP contribution in [0.1, 0.15) is 48.7 Å². The Kier molecular flexibility index (Phi) is 7.42. The molecule has 0 radical (unpaired) electrons. The number of amides is 2. The van der Waals surface area contributed by atoms with E-state index < -0.39 is 17.4 Å². The maximum atomic E-state index is 13.7. The van der Waals surface area contributed by atoms with E-state index in [0.717, 1.165) is 54.2 Å². The van der Waals surface area contributed by atoms with Gasteiger partial charge in [0.1, 0.15) is 18.4 Å². The third kappa shape index (κ3) is 5.33. The lowest BCUT2D eigenvalue weighted by atomic mass is 9.80. The molecule has 35 heavy (non-hydrogen) atoms. The van der Waals surface area contributed by atoms with E-state index in [2.05, 4.69) is 16.9 Å². The second-order valence-corrected chi connectivity index (χ2v) is 10.2. The molecule has 2 aliphatic rings. The van der Waals surface area contributed by atoms with E-state index in [1.54, 1.807) is 4.90 Å². The Morgan fingerprint density at radius 1 is 1.17 bits per heavy atom. The van der Waals surface area contributed by atoms with Crippen LogP contribution in [0.5, 0.6) is 5.75 Å². The van der Waals surface area contributed by atoms with Gasteiger partial charge in [-0.25, -0.2) is 5.48 Å². The van der Waals surface area contributed by atoms with Crippen molar-refractivity contribution < 1.29 is 19.5 Å². The molecule has 3 heterocycles. The van der Waals surface area contributed by atoms with Gasteiger partial charge in [0.25, 0.3) is 5.91 Å². The zero-order chi connectivity index (χ0) is 25.2. The number of nitrogens with one attached hydrogen (secondary N) is 1. The second-order valence-electron chi connectivity index (χ2n) is 10.2. The largest absolute Gasteiger partial charge is 0.489 e. The van der Waals surface area contributed by atoms with Gasteiger partial charge in [0.15, 0.2) is 0 Å². The number of nitrogens with zero attached hydrogens (tertiary/aromatic N) is 3. The number of likely N-dealkylation sites (tertiary alicyclic amines) is 2. The van der Waals surface area contributed by atoms with Crippen LogP contribution in [0.3, 0.4) is 0 Å². The lowest BCUT2D eigenvalue weighted by molar-refractivity contribution is -0.146. The molecule has 1 aromatic carbocycles. The number of aryl methyl sites for hydroxylation is 2. The number of benzene rings is 1. The average molecular weight is 481 g/mol. The van der Waals surface area contributed by atoms with E-state index in [-0.39, 0.29) is 11.8 Å². The standard InChI is InChI=1S/C27H36N4O4/c1-18-15-20(16-19(2)28-18)17-35-23-7-5-22(6-8-23)27(3)11-14-31(26(27)33)24(25(32)29-34)21-9-12-30(4)13-10-21/h5-8,15-16,21,24,34H,9-14,17H2,1-4H3,(H,29,32). The van der Waals surface area contributed by atoms with E-state index in [4.69, 9.17) is 4.74 Å². The highest BCUT2D eigenvalue weighted by atomic mass is 16.5. The van der Waals surface area contributed by atoms with E-state index in [9.17, 15) is 14.8 Å². The summed E-state index contributed by atoms with van der Waals surface area (Å²) in [5.74, 6) is 0.195. The maximum absolute atomic E-state index is 13.7. The molecular formula is C27H36N4O4. The molecule has 0 aliphatic carbocycles. The Morgan fingerprint density at radius 2 is 1.80 bits per heavy atom. The SMILES string of the molecule is Cc1cc(COc2ccc(C3(C)CCN(C(C(=O)NO)C4CCN(C)CC4)C3=O)cc2)cc(C)n1. The molecule has 2 amide bonds. The van der Waals surface area contributed by atoms with Gasteiger partial charge in [-0.05, 0) is 101 Å². The number of hydrogen-bond acceptors (Lipinski definition) is 6. The van der Waals surface area contributed by atoms with Crippen molar-refractivity contribution in [3.8, 4) is 5.75 Å². The molecule has 2 atom stereocenters. The van der Waals surface area contributed by atoms with Crippen LogP contribution in [0.2, 0.25) is 0 Å². The minimum Gasteiger partial charge on any atom is -0.489 e. The fourth-order valence-corrected chi connectivity index (χ4v) is 5.51. The quantitative estimate of drug-likeness (QED) is 0.467. The topological polar surface area (TPSA) is 95.0 Å². The van der Waals surface area contributed by atoms with Gasteiger partial charge >= 0.3 is 0 Å². The zero-order valence-electron chi connectivity index (χ0n) is 21.1. The van der Waals surface area contributed by atoms with E-state index in [0.29, 0.717) is 19.6 Å². The summed E-state index contributed by atoms with van der Waals surface area (Å²) in [6.45, 7) is 8.56. The van der Waals surface area contributed by atoms with Crippen LogP contribution in [0.4, 0.5) is 0 Å². The second kappa shape index (κ2) is 10.3. The fraction of sp³-hybridized carbons (Fsp3) is 0.519. The maximum Gasteiger partial charge on any atom is 0.266 e. The van der Waals surface area contributed by atoms with E-state index in [1.165, 1.54) is 0 Å². The third-order valence-corrected chi connectivity index (χ3v) is 7.55. The Balaban J connectivity index is 1.46. The molecule has 2 saturated heterocycles. The van der Waals surface area contributed by atoms with E-state index >= 15 is 0 Å². The molecule has 188 valence electrons. The molecule has 0 spiro atoms. The molecule has 2 unspecified atom stereocenters. The summed E-state index contributed by atoms with van der Waals surface area (Å²) in [7, 11) is 2.06. The van der Waals surface area contributed by atoms with Crippen molar-refractivity contribution in [2.75, 3.05) is 26.7 Å². The van der Waals surface area contributed by atoms with Crippen molar-refractivity contribution in [1.29, 1.82) is 0 Å². The predicted molar refractivity (Wildman–Crippen MR) is 132 cm³/mol. The highest BCUT2D eigenvalue weighted by Crippen LogP contribution is 2.39. The van der Waals surface area contributed by atoms with Gasteiger partial charge in [-0.1, -0.05) is 12.1 Å². The Hall–Kier alpha value is -2.97. The number of hydrogen-bond donors (Lipinski definition) is 2. The molecule has 0 saturated carbocycles. The monoisotopic (exact) mass is 480 g/mol. The Morgan fingerprint density at radius 3 is 2.40 bits per heavy atom. The first kappa shape index (κ1) is 25.1. The number of piperidine rings is 1. The first-order valence-corrected chi connectivity index (χ1v) is 12.3. The lowest BCUT2D eigenvalue weighted by Crippen LogP contribution is -2.54. The molecule has 2 N–H and O–H groups in total. The van der Waals surface area contributed by atoms with Crippen LogP contribution in [0.15, 0.2) is 36.4 Å². The van der Waals surface area contributed by atoms with Gasteiger partial charge in [-0.15, -0.1) is 0 Å². The van der Waals surface area contributed by atoms with Gasteiger partial charge in [-0.2, -0.15) is 0 Å². The van der Waals surface area contributed by atoms with Gasteiger partial charge < -0.3 is 14.5 Å². The molecule has 2 fully saturated rings. The van der Waals surface area contributed by atoms with Crippen LogP contribution < -0.4 is 10.2 Å². The van der Waals surface area contributed by atoms with Crippen molar-refractivity contribution >= 4 is 11.8 Å². The number of rotatable bonds is 7. The number of ether oxygens (including phenoxy) is 1. The average Bonchev–Trinajstić information content (AvgIpc) is 3.14. The lowest BCUT2D eigenvalue weighted by Gasteiger charge is -2.38. The summed E-state index contributed by atoms with van der Waals surface area (Å²) < 4.78 is 5.97. The summed E-state index contributed by atoms with van der Waals surface area (Å²) in [5.41, 5.74) is 4.98. The van der Waals surface area contributed by atoms with Crippen LogP contribution in [0.25, 0.3) is 0 Å². The number of aromatic nitrogens is 1. The van der Waals surface area contributed by atoms with E-state index in [1.807, 2.05) is 62.6 Å². The van der Waals surface area contributed by atoms with Crippen molar-refractivity contribution in [2.24, 2.45) is 5.92 Å². The fourth-order valence-electron chi connectivity index (χ4n) is 5.51. The molecule has 4 rings (SSSR count). The van der Waals surface area contributed by atoms with Crippen molar-refractivity contribution in [3.05, 3.63) is 58.9 Å². The molecule has 0 bridgehead atoms. The highest BCUT2D eigenvalue weighted by molar-refractivity contribution is 5.94. The number of pyridine rings is 1. The van der Waals surface area contributed by atoms with Gasteiger partial charge in [0.05, 0.1) is 5.41 Å². The molecule has 8 heteroatoms. The molecular weight excluding hydrogens is 444 g/mol. The van der Waals surface area contributed by atoms with Crippen molar-refractivity contribution in [2.45, 2.75) is 58.1 Å². The Bertz CT molecular complexity index is 1050. The van der Waals surface area contributed by atoms with Crippen molar-refractivity contribution in [3.63, 3.8) is 0 Å². The number of hydroxylamine groups is 1. The van der Waals surface area contributed by atoms with Crippen molar-refractivity contribution in [1.82, 2.24) is 20.3 Å². The summed E-state index contributed by atoms with van der Waals surface area (Å²) in [6.07, 6.45) is 2.25. The first-order valence-electron chi connectivity index (χ1n) is 12.3. The number of carbonyl (C=O) groups is 2. The van der Waals surface area contributed by atoms with Crippen LogP contribution >= 0.6 is 0 Å². The number of carbonyl (C=O) groups excluding carboxylic acids is 2. The van der Waals surface area contributed by atoms with Crippen LogP contribution in [-0.2, 0) is 21.6 Å². The normalized spacial score (nSPS) is 22.3. The van der Waals surface area contributed by atoms with Gasteiger partial charge in [-0.3, -0.25) is 19.8 Å². The predicted octanol–water partition coefficient (Wildman–Crippen LogP) is 2.98. The first-order chi connectivity index (χ1) is 16.7. The molecule has 2 aromatic rings. The molecule has 2 aliphatic heterocycles. The molecule has 8 nitrogen and oxygen atoms in total. The minimum absolute atomic E-state index is 0.0286. The van der Waals surface area contributed by atoms with Crippen LogP contribution in [-0.4, -0.2) is 64.5 Å². The summed E-state index contributed by atoms with van der Waals surface area (Å²) >= 11 is 0. The summed E-state index contributed by atoms with van der Waals surface area (Å²) in [6, 6.07) is 11.0. The molecule has 1 aromatic heterocycles. The smallest absolute Gasteiger partial charge is 0.266 e.